The number of carbonyl (C=O) groups is 1. The Morgan fingerprint density at radius 3 is 3.00 bits per heavy atom. The molecule has 1 aliphatic rings. The molecule has 1 aromatic heterocycles. The lowest BCUT2D eigenvalue weighted by molar-refractivity contribution is 0.0655. The van der Waals surface area contributed by atoms with E-state index < -0.39 is 5.97 Å². The topological polar surface area (TPSA) is 71.5 Å². The molecule has 5 nitrogen and oxygen atoms in total. The molecule has 0 bridgehead atoms. The zero-order chi connectivity index (χ0) is 12.8. The fourth-order valence-electron chi connectivity index (χ4n) is 2.18. The van der Waals surface area contributed by atoms with E-state index in [1.54, 1.807) is 12.1 Å². The predicted molar refractivity (Wildman–Crippen MR) is 67.9 cm³/mol. The SMILES string of the molecule is O=C(O)c1ncccc1NCCOC1CCCC1. The van der Waals surface area contributed by atoms with Crippen molar-refractivity contribution in [3.8, 4) is 0 Å². The third kappa shape index (κ3) is 3.43. The first-order chi connectivity index (χ1) is 8.77. The van der Waals surface area contributed by atoms with Crippen LogP contribution in [0.4, 0.5) is 5.69 Å². The van der Waals surface area contributed by atoms with Crippen LogP contribution >= 0.6 is 0 Å². The predicted octanol–water partition coefficient (Wildman–Crippen LogP) is 2.15. The van der Waals surface area contributed by atoms with Gasteiger partial charge in [-0.25, -0.2) is 9.78 Å². The molecule has 0 saturated heterocycles. The Bertz CT molecular complexity index is 403. The summed E-state index contributed by atoms with van der Waals surface area (Å²) in [5.41, 5.74) is 0.596. The smallest absolute Gasteiger partial charge is 0.356 e. The maximum atomic E-state index is 10.9. The number of pyridine rings is 1. The molecular formula is C13H18N2O3. The zero-order valence-electron chi connectivity index (χ0n) is 10.3. The quantitative estimate of drug-likeness (QED) is 0.757. The van der Waals surface area contributed by atoms with Gasteiger partial charge in [0.2, 0.25) is 0 Å². The molecular weight excluding hydrogens is 232 g/mol. The van der Waals surface area contributed by atoms with Gasteiger partial charge < -0.3 is 15.2 Å². The minimum absolute atomic E-state index is 0.0540. The number of hydrogen-bond acceptors (Lipinski definition) is 4. The second kappa shape index (κ2) is 6.35. The van der Waals surface area contributed by atoms with Crippen LogP contribution < -0.4 is 5.32 Å². The number of nitrogens with one attached hydrogen (secondary N) is 1. The number of carboxylic acids is 1. The van der Waals surface area contributed by atoms with E-state index in [1.165, 1.54) is 19.0 Å². The van der Waals surface area contributed by atoms with Gasteiger partial charge in [0.05, 0.1) is 18.4 Å². The van der Waals surface area contributed by atoms with E-state index in [2.05, 4.69) is 10.3 Å². The van der Waals surface area contributed by atoms with Gasteiger partial charge in [-0.3, -0.25) is 0 Å². The Labute approximate surface area is 106 Å². The summed E-state index contributed by atoms with van der Waals surface area (Å²) in [6.45, 7) is 1.20. The molecule has 1 saturated carbocycles. The second-order valence-electron chi connectivity index (χ2n) is 4.41. The Hall–Kier alpha value is -1.62. The molecule has 18 heavy (non-hydrogen) atoms. The van der Waals surface area contributed by atoms with Gasteiger partial charge in [0.15, 0.2) is 5.69 Å². The second-order valence-corrected chi connectivity index (χ2v) is 4.41. The summed E-state index contributed by atoms with van der Waals surface area (Å²) in [6.07, 6.45) is 6.66. The minimum atomic E-state index is -1.02. The van der Waals surface area contributed by atoms with Crippen molar-refractivity contribution in [2.24, 2.45) is 0 Å². The van der Waals surface area contributed by atoms with E-state index in [-0.39, 0.29) is 5.69 Å². The number of aromatic carboxylic acids is 1. The fraction of sp³-hybridized carbons (Fsp3) is 0.538. The summed E-state index contributed by atoms with van der Waals surface area (Å²) in [5.74, 6) is -1.02. The number of aromatic nitrogens is 1. The summed E-state index contributed by atoms with van der Waals surface area (Å²) in [7, 11) is 0. The van der Waals surface area contributed by atoms with Crippen molar-refractivity contribution in [3.63, 3.8) is 0 Å². The van der Waals surface area contributed by atoms with Crippen molar-refractivity contribution in [1.82, 2.24) is 4.98 Å². The van der Waals surface area contributed by atoms with E-state index in [0.29, 0.717) is 24.9 Å². The van der Waals surface area contributed by atoms with Gasteiger partial charge in [-0.15, -0.1) is 0 Å². The highest BCUT2D eigenvalue weighted by atomic mass is 16.5. The Balaban J connectivity index is 1.77. The van der Waals surface area contributed by atoms with Crippen LogP contribution in [0.15, 0.2) is 18.3 Å². The molecule has 0 aromatic carbocycles. The van der Waals surface area contributed by atoms with Crippen LogP contribution in [0.25, 0.3) is 0 Å². The summed E-state index contributed by atoms with van der Waals surface area (Å²) in [5, 5.41) is 12.0. The van der Waals surface area contributed by atoms with Crippen LogP contribution in [-0.4, -0.2) is 35.3 Å². The van der Waals surface area contributed by atoms with Gasteiger partial charge in [0, 0.05) is 12.7 Å². The number of ether oxygens (including phenoxy) is 1. The lowest BCUT2D eigenvalue weighted by atomic mass is 10.3. The van der Waals surface area contributed by atoms with Crippen molar-refractivity contribution in [3.05, 3.63) is 24.0 Å². The van der Waals surface area contributed by atoms with Crippen LogP contribution in [-0.2, 0) is 4.74 Å². The maximum Gasteiger partial charge on any atom is 0.356 e. The van der Waals surface area contributed by atoms with E-state index in [1.807, 2.05) is 0 Å². The Kier molecular flexibility index (Phi) is 4.52. The maximum absolute atomic E-state index is 10.9. The average Bonchev–Trinajstić information content (AvgIpc) is 2.88. The molecule has 0 atom stereocenters. The molecule has 0 spiro atoms. The van der Waals surface area contributed by atoms with E-state index in [0.717, 1.165) is 12.8 Å². The van der Waals surface area contributed by atoms with Gasteiger partial charge in [0.25, 0.3) is 0 Å². The first-order valence-corrected chi connectivity index (χ1v) is 6.31. The summed E-state index contributed by atoms with van der Waals surface area (Å²) in [4.78, 5) is 14.8. The molecule has 0 radical (unpaired) electrons. The number of hydrogen-bond donors (Lipinski definition) is 2. The molecule has 5 heteroatoms. The highest BCUT2D eigenvalue weighted by Gasteiger charge is 2.15. The lowest BCUT2D eigenvalue weighted by Crippen LogP contribution is -2.17. The van der Waals surface area contributed by atoms with Crippen molar-refractivity contribution >= 4 is 11.7 Å². The molecule has 2 N–H and O–H groups in total. The van der Waals surface area contributed by atoms with Gasteiger partial charge in [-0.2, -0.15) is 0 Å². The van der Waals surface area contributed by atoms with E-state index >= 15 is 0 Å². The van der Waals surface area contributed by atoms with Crippen LogP contribution in [0, 0.1) is 0 Å². The number of anilines is 1. The van der Waals surface area contributed by atoms with Crippen LogP contribution in [0.5, 0.6) is 0 Å². The molecule has 1 aromatic rings. The normalized spacial score (nSPS) is 15.8. The van der Waals surface area contributed by atoms with Gasteiger partial charge in [0.1, 0.15) is 0 Å². The fourth-order valence-corrected chi connectivity index (χ4v) is 2.18. The summed E-state index contributed by atoms with van der Waals surface area (Å²) in [6, 6.07) is 3.43. The largest absolute Gasteiger partial charge is 0.476 e. The summed E-state index contributed by atoms with van der Waals surface area (Å²) >= 11 is 0. The van der Waals surface area contributed by atoms with Crippen LogP contribution in [0.2, 0.25) is 0 Å². The number of rotatable bonds is 6. The third-order valence-corrected chi connectivity index (χ3v) is 3.08. The molecule has 1 heterocycles. The van der Waals surface area contributed by atoms with Gasteiger partial charge in [-0.05, 0) is 25.0 Å². The van der Waals surface area contributed by atoms with E-state index in [9.17, 15) is 4.79 Å². The monoisotopic (exact) mass is 250 g/mol. The molecule has 0 unspecified atom stereocenters. The minimum Gasteiger partial charge on any atom is -0.476 e. The molecule has 2 rings (SSSR count). The molecule has 98 valence electrons. The van der Waals surface area contributed by atoms with Crippen molar-refractivity contribution in [2.45, 2.75) is 31.8 Å². The van der Waals surface area contributed by atoms with E-state index in [4.69, 9.17) is 9.84 Å². The van der Waals surface area contributed by atoms with Crippen LogP contribution in [0.3, 0.4) is 0 Å². The third-order valence-electron chi connectivity index (χ3n) is 3.08. The van der Waals surface area contributed by atoms with Crippen molar-refractivity contribution < 1.29 is 14.6 Å². The van der Waals surface area contributed by atoms with Crippen molar-refractivity contribution in [1.29, 1.82) is 0 Å². The lowest BCUT2D eigenvalue weighted by Gasteiger charge is -2.12. The van der Waals surface area contributed by atoms with Crippen LogP contribution in [0.1, 0.15) is 36.2 Å². The number of nitrogens with zero attached hydrogens (tertiary/aromatic N) is 1. The first-order valence-electron chi connectivity index (χ1n) is 6.31. The molecule has 0 amide bonds. The highest BCUT2D eigenvalue weighted by Crippen LogP contribution is 2.20. The van der Waals surface area contributed by atoms with Gasteiger partial charge >= 0.3 is 5.97 Å². The average molecular weight is 250 g/mol. The van der Waals surface area contributed by atoms with Gasteiger partial charge in [-0.1, -0.05) is 12.8 Å². The first kappa shape index (κ1) is 12.8. The van der Waals surface area contributed by atoms with Crippen molar-refractivity contribution in [2.75, 3.05) is 18.5 Å². The molecule has 0 aliphatic heterocycles. The summed E-state index contributed by atoms with van der Waals surface area (Å²) < 4.78 is 5.69. The zero-order valence-corrected chi connectivity index (χ0v) is 10.3. The molecule has 1 fully saturated rings. The molecule has 1 aliphatic carbocycles. The highest BCUT2D eigenvalue weighted by molar-refractivity contribution is 5.91. The standard InChI is InChI=1S/C13H18N2O3/c16-13(17)12-11(6-3-7-15-12)14-8-9-18-10-4-1-2-5-10/h3,6-7,10,14H,1-2,4-5,8-9H2,(H,16,17). The number of carboxylic acid groups (broad SMARTS) is 1. The Morgan fingerprint density at radius 1 is 1.50 bits per heavy atom. The Morgan fingerprint density at radius 2 is 2.28 bits per heavy atom.